The molecule has 5 nitrogen and oxygen atoms in total. The van der Waals surface area contributed by atoms with Crippen LogP contribution in [-0.2, 0) is 21.3 Å². The number of ether oxygens (including phenoxy) is 1. The Morgan fingerprint density at radius 3 is 2.88 bits per heavy atom. The fraction of sp³-hybridized carbons (Fsp3) is 0.600. The van der Waals surface area contributed by atoms with Gasteiger partial charge in [-0.15, -0.1) is 11.3 Å². The van der Waals surface area contributed by atoms with Crippen molar-refractivity contribution < 1.29 is 13.2 Å². The Hall–Kier alpha value is -0.470. The van der Waals surface area contributed by atoms with Crippen molar-refractivity contribution in [2.75, 3.05) is 19.8 Å². The summed E-state index contributed by atoms with van der Waals surface area (Å²) in [5, 5.41) is 1.60. The van der Waals surface area contributed by atoms with Crippen molar-refractivity contribution in [2.24, 2.45) is 5.73 Å². The van der Waals surface area contributed by atoms with Gasteiger partial charge in [0, 0.05) is 36.6 Å². The van der Waals surface area contributed by atoms with Crippen LogP contribution in [0.2, 0.25) is 0 Å². The molecule has 0 spiro atoms. The fourth-order valence-electron chi connectivity index (χ4n) is 1.22. The first-order chi connectivity index (χ1) is 8.10. The molecule has 7 heteroatoms. The first-order valence-electron chi connectivity index (χ1n) is 5.45. The van der Waals surface area contributed by atoms with E-state index in [0.717, 1.165) is 4.88 Å². The van der Waals surface area contributed by atoms with Crippen LogP contribution >= 0.6 is 11.3 Å². The van der Waals surface area contributed by atoms with Crippen molar-refractivity contribution in [1.82, 2.24) is 4.72 Å². The van der Waals surface area contributed by atoms with Crippen LogP contribution in [0.15, 0.2) is 16.3 Å². The van der Waals surface area contributed by atoms with Gasteiger partial charge in [-0.3, -0.25) is 0 Å². The molecule has 0 fully saturated rings. The second-order valence-corrected chi connectivity index (χ2v) is 6.16. The number of hydrogen-bond donors (Lipinski definition) is 2. The van der Waals surface area contributed by atoms with E-state index >= 15 is 0 Å². The maximum atomic E-state index is 11.8. The molecular weight excluding hydrogens is 260 g/mol. The Morgan fingerprint density at radius 1 is 1.53 bits per heavy atom. The lowest BCUT2D eigenvalue weighted by Crippen LogP contribution is -2.25. The number of nitrogens with two attached hydrogens (primary N) is 1. The molecule has 0 radical (unpaired) electrons. The molecule has 0 unspecified atom stereocenters. The molecule has 1 aromatic rings. The minimum atomic E-state index is -3.39. The van der Waals surface area contributed by atoms with Gasteiger partial charge in [0.1, 0.15) is 0 Å². The van der Waals surface area contributed by atoms with E-state index in [-0.39, 0.29) is 0 Å². The first kappa shape index (κ1) is 14.6. The Bertz CT molecular complexity index is 429. The van der Waals surface area contributed by atoms with Gasteiger partial charge < -0.3 is 10.5 Å². The minimum Gasteiger partial charge on any atom is -0.382 e. The molecule has 0 aliphatic heterocycles. The third-order valence-electron chi connectivity index (χ3n) is 2.10. The molecule has 0 atom stereocenters. The standard InChI is InChI=1S/C10H18N2O3S2/c1-2-15-5-3-4-12-17(13,14)10-6-9(7-11)16-8-10/h6,8,12H,2-5,7,11H2,1H3. The van der Waals surface area contributed by atoms with E-state index in [1.807, 2.05) is 6.92 Å². The van der Waals surface area contributed by atoms with Crippen molar-refractivity contribution in [2.45, 2.75) is 24.8 Å². The van der Waals surface area contributed by atoms with E-state index in [2.05, 4.69) is 4.72 Å². The molecule has 1 rings (SSSR count). The maximum Gasteiger partial charge on any atom is 0.241 e. The van der Waals surface area contributed by atoms with Crippen molar-refractivity contribution in [3.63, 3.8) is 0 Å². The van der Waals surface area contributed by atoms with E-state index in [4.69, 9.17) is 10.5 Å². The predicted molar refractivity (Wildman–Crippen MR) is 68.5 cm³/mol. The highest BCUT2D eigenvalue weighted by atomic mass is 32.2. The lowest BCUT2D eigenvalue weighted by molar-refractivity contribution is 0.146. The van der Waals surface area contributed by atoms with Gasteiger partial charge in [0.15, 0.2) is 0 Å². The quantitative estimate of drug-likeness (QED) is 0.693. The molecule has 0 bridgehead atoms. The van der Waals surface area contributed by atoms with Gasteiger partial charge in [-0.2, -0.15) is 0 Å². The summed E-state index contributed by atoms with van der Waals surface area (Å²) < 4.78 is 31.3. The highest BCUT2D eigenvalue weighted by Gasteiger charge is 2.14. The van der Waals surface area contributed by atoms with Crippen LogP contribution in [0.1, 0.15) is 18.2 Å². The number of thiophene rings is 1. The normalized spacial score (nSPS) is 11.9. The van der Waals surface area contributed by atoms with Crippen LogP contribution in [0.3, 0.4) is 0 Å². The molecule has 98 valence electrons. The highest BCUT2D eigenvalue weighted by molar-refractivity contribution is 7.89. The van der Waals surface area contributed by atoms with Crippen LogP contribution in [-0.4, -0.2) is 28.2 Å². The van der Waals surface area contributed by atoms with Crippen molar-refractivity contribution in [3.8, 4) is 0 Å². The molecule has 1 heterocycles. The van der Waals surface area contributed by atoms with E-state index in [1.54, 1.807) is 11.4 Å². The number of hydrogen-bond acceptors (Lipinski definition) is 5. The summed E-state index contributed by atoms with van der Waals surface area (Å²) in [6.07, 6.45) is 0.668. The second kappa shape index (κ2) is 7.07. The maximum absolute atomic E-state index is 11.8. The van der Waals surface area contributed by atoms with Crippen LogP contribution in [0.4, 0.5) is 0 Å². The van der Waals surface area contributed by atoms with Gasteiger partial charge in [0.2, 0.25) is 10.0 Å². The van der Waals surface area contributed by atoms with Crippen LogP contribution in [0, 0.1) is 0 Å². The molecule has 3 N–H and O–H groups in total. The second-order valence-electron chi connectivity index (χ2n) is 3.40. The molecule has 0 saturated heterocycles. The Morgan fingerprint density at radius 2 is 2.29 bits per heavy atom. The van der Waals surface area contributed by atoms with Crippen molar-refractivity contribution in [3.05, 3.63) is 16.3 Å². The lowest BCUT2D eigenvalue weighted by atomic mass is 10.5. The molecule has 0 aliphatic carbocycles. The summed E-state index contributed by atoms with van der Waals surface area (Å²) in [4.78, 5) is 1.15. The molecule has 0 aromatic carbocycles. The zero-order valence-electron chi connectivity index (χ0n) is 9.81. The summed E-state index contributed by atoms with van der Waals surface area (Å²) >= 11 is 1.35. The Balaban J connectivity index is 2.45. The van der Waals surface area contributed by atoms with Gasteiger partial charge in [0.05, 0.1) is 4.90 Å². The number of rotatable bonds is 8. The smallest absolute Gasteiger partial charge is 0.241 e. The van der Waals surface area contributed by atoms with E-state index in [9.17, 15) is 8.42 Å². The van der Waals surface area contributed by atoms with Gasteiger partial charge in [-0.1, -0.05) is 0 Å². The third-order valence-corrected chi connectivity index (χ3v) is 4.65. The topological polar surface area (TPSA) is 81.4 Å². The van der Waals surface area contributed by atoms with Crippen molar-refractivity contribution in [1.29, 1.82) is 0 Å². The van der Waals surface area contributed by atoms with Crippen LogP contribution in [0.25, 0.3) is 0 Å². The Kier molecular flexibility index (Phi) is 6.07. The minimum absolute atomic E-state index is 0.291. The summed E-state index contributed by atoms with van der Waals surface area (Å²) in [6.45, 7) is 3.87. The molecule has 17 heavy (non-hydrogen) atoms. The summed E-state index contributed by atoms with van der Waals surface area (Å²) in [5.74, 6) is 0. The van der Waals surface area contributed by atoms with E-state index < -0.39 is 10.0 Å². The zero-order chi connectivity index (χ0) is 12.7. The summed E-state index contributed by atoms with van der Waals surface area (Å²) in [5.41, 5.74) is 5.44. The summed E-state index contributed by atoms with van der Waals surface area (Å²) in [7, 11) is -3.39. The average molecular weight is 278 g/mol. The van der Waals surface area contributed by atoms with Gasteiger partial charge in [-0.05, 0) is 19.4 Å². The van der Waals surface area contributed by atoms with Gasteiger partial charge in [-0.25, -0.2) is 13.1 Å². The van der Waals surface area contributed by atoms with Crippen LogP contribution < -0.4 is 10.5 Å². The number of sulfonamides is 1. The summed E-state index contributed by atoms with van der Waals surface area (Å²) in [6, 6.07) is 1.61. The number of nitrogens with one attached hydrogen (secondary N) is 1. The molecule has 0 saturated carbocycles. The Labute approximate surface area is 106 Å². The zero-order valence-corrected chi connectivity index (χ0v) is 11.4. The first-order valence-corrected chi connectivity index (χ1v) is 7.81. The molecule has 0 amide bonds. The molecule has 1 aromatic heterocycles. The lowest BCUT2D eigenvalue weighted by Gasteiger charge is -2.04. The van der Waals surface area contributed by atoms with E-state index in [0.29, 0.717) is 37.6 Å². The van der Waals surface area contributed by atoms with Crippen LogP contribution in [0.5, 0.6) is 0 Å². The molecular formula is C10H18N2O3S2. The third kappa shape index (κ3) is 4.72. The molecule has 0 aliphatic rings. The predicted octanol–water partition coefficient (Wildman–Crippen LogP) is 0.912. The van der Waals surface area contributed by atoms with E-state index in [1.165, 1.54) is 11.3 Å². The average Bonchev–Trinajstić information content (AvgIpc) is 2.78. The SMILES string of the molecule is CCOCCCNS(=O)(=O)c1csc(CN)c1. The van der Waals surface area contributed by atoms with Gasteiger partial charge in [0.25, 0.3) is 0 Å². The van der Waals surface area contributed by atoms with Crippen molar-refractivity contribution >= 4 is 21.4 Å². The fourth-order valence-corrected chi connectivity index (χ4v) is 3.45. The largest absolute Gasteiger partial charge is 0.382 e. The monoisotopic (exact) mass is 278 g/mol. The highest BCUT2D eigenvalue weighted by Crippen LogP contribution is 2.18. The van der Waals surface area contributed by atoms with Gasteiger partial charge >= 0.3 is 0 Å².